The topological polar surface area (TPSA) is 80.2 Å². The zero-order valence-corrected chi connectivity index (χ0v) is 13.9. The van der Waals surface area contributed by atoms with Gasteiger partial charge >= 0.3 is 0 Å². The Labute approximate surface area is 143 Å². The van der Waals surface area contributed by atoms with Gasteiger partial charge in [-0.2, -0.15) is 4.98 Å². The number of nitrogens with zero attached hydrogens (tertiary/aromatic N) is 3. The third-order valence-corrected chi connectivity index (χ3v) is 5.76. The monoisotopic (exact) mass is 349 g/mol. The molecule has 2 atom stereocenters. The molecule has 25 heavy (non-hydrogen) atoms. The van der Waals surface area contributed by atoms with Crippen LogP contribution in [0, 0.1) is 5.92 Å². The van der Waals surface area contributed by atoms with Crippen molar-refractivity contribution in [3.8, 4) is 0 Å². The molecule has 0 aromatic carbocycles. The number of hydrogen-bond acceptors (Lipinski definition) is 6. The molecule has 0 spiro atoms. The standard InChI is InChI=1S/C17H21F2N5O/c18-17(19)4-3-12-10(6-17)13-14(25-12)15(23-16(20)22-13)24-7-9-2-1-5-21-11(9)8-24/h9,11,21H,1-8H2,(H2,20,22,23)/t9-,11+/m1/s1. The summed E-state index contributed by atoms with van der Waals surface area (Å²) in [4.78, 5) is 10.8. The molecule has 0 amide bonds. The number of nitrogens with two attached hydrogens (primary N) is 1. The molecule has 2 fully saturated rings. The quantitative estimate of drug-likeness (QED) is 0.821. The van der Waals surface area contributed by atoms with Crippen LogP contribution in [0.2, 0.25) is 0 Å². The molecule has 0 radical (unpaired) electrons. The number of hydrogen-bond donors (Lipinski definition) is 2. The summed E-state index contributed by atoms with van der Waals surface area (Å²) in [5.41, 5.74) is 7.37. The number of alkyl halides is 2. The minimum Gasteiger partial charge on any atom is -0.455 e. The van der Waals surface area contributed by atoms with E-state index in [4.69, 9.17) is 10.2 Å². The Hall–Kier alpha value is -1.96. The highest BCUT2D eigenvalue weighted by molar-refractivity contribution is 5.89. The Balaban J connectivity index is 1.59. The summed E-state index contributed by atoms with van der Waals surface area (Å²) in [6.45, 7) is 2.75. The van der Waals surface area contributed by atoms with Crippen molar-refractivity contribution in [2.75, 3.05) is 30.3 Å². The fraction of sp³-hybridized carbons (Fsp3) is 0.647. The van der Waals surface area contributed by atoms with Crippen molar-refractivity contribution in [3.63, 3.8) is 0 Å². The molecule has 2 saturated heterocycles. The van der Waals surface area contributed by atoms with Gasteiger partial charge in [-0.3, -0.25) is 0 Å². The van der Waals surface area contributed by atoms with Crippen LogP contribution in [0.25, 0.3) is 11.1 Å². The normalized spacial score (nSPS) is 28.2. The molecule has 4 heterocycles. The molecule has 2 aliphatic heterocycles. The van der Waals surface area contributed by atoms with Gasteiger partial charge in [-0.1, -0.05) is 0 Å². The van der Waals surface area contributed by atoms with Crippen molar-refractivity contribution in [2.24, 2.45) is 5.92 Å². The summed E-state index contributed by atoms with van der Waals surface area (Å²) in [5.74, 6) is -0.763. The van der Waals surface area contributed by atoms with E-state index in [2.05, 4.69) is 20.2 Å². The van der Waals surface area contributed by atoms with Gasteiger partial charge in [-0.25, -0.2) is 13.8 Å². The van der Waals surface area contributed by atoms with Crippen LogP contribution in [0.1, 0.15) is 30.6 Å². The number of nitrogens with one attached hydrogen (secondary N) is 1. The molecule has 134 valence electrons. The van der Waals surface area contributed by atoms with Gasteiger partial charge in [-0.15, -0.1) is 0 Å². The van der Waals surface area contributed by atoms with E-state index in [1.54, 1.807) is 0 Å². The lowest BCUT2D eigenvalue weighted by molar-refractivity contribution is -0.0140. The van der Waals surface area contributed by atoms with E-state index in [0.717, 1.165) is 19.6 Å². The molecule has 3 N–H and O–H groups in total. The first-order valence-corrected chi connectivity index (χ1v) is 8.94. The van der Waals surface area contributed by atoms with Crippen molar-refractivity contribution < 1.29 is 13.2 Å². The number of rotatable bonds is 1. The molecule has 8 heteroatoms. The maximum Gasteiger partial charge on any atom is 0.252 e. The summed E-state index contributed by atoms with van der Waals surface area (Å²) in [6, 6.07) is 0.439. The second-order valence-corrected chi connectivity index (χ2v) is 7.49. The van der Waals surface area contributed by atoms with E-state index in [1.165, 1.54) is 12.8 Å². The zero-order chi connectivity index (χ0) is 17.2. The Kier molecular flexibility index (Phi) is 3.22. The minimum atomic E-state index is -2.71. The number of nitrogen functional groups attached to an aromatic ring is 1. The van der Waals surface area contributed by atoms with Crippen LogP contribution < -0.4 is 16.0 Å². The first-order valence-electron chi connectivity index (χ1n) is 8.94. The first-order chi connectivity index (χ1) is 12.0. The molecule has 6 nitrogen and oxygen atoms in total. The molecule has 5 rings (SSSR count). The van der Waals surface area contributed by atoms with Crippen LogP contribution in [0.5, 0.6) is 0 Å². The van der Waals surface area contributed by atoms with Crippen LogP contribution in [-0.4, -0.2) is 41.6 Å². The summed E-state index contributed by atoms with van der Waals surface area (Å²) in [6.07, 6.45) is 2.08. The Bertz CT molecular complexity index is 822. The average Bonchev–Trinajstić information content (AvgIpc) is 3.15. The third kappa shape index (κ3) is 2.46. The number of anilines is 2. The molecular weight excluding hydrogens is 328 g/mol. The molecule has 2 aromatic rings. The summed E-state index contributed by atoms with van der Waals surface area (Å²) >= 11 is 0. The molecule has 0 unspecified atom stereocenters. The van der Waals surface area contributed by atoms with Gasteiger partial charge in [0.25, 0.3) is 5.92 Å². The maximum absolute atomic E-state index is 13.9. The van der Waals surface area contributed by atoms with Crippen LogP contribution in [0.4, 0.5) is 20.5 Å². The maximum atomic E-state index is 13.9. The third-order valence-electron chi connectivity index (χ3n) is 5.76. The second-order valence-electron chi connectivity index (χ2n) is 7.49. The van der Waals surface area contributed by atoms with E-state index in [0.29, 0.717) is 40.2 Å². The van der Waals surface area contributed by atoms with E-state index in [9.17, 15) is 8.78 Å². The molecule has 0 saturated carbocycles. The molecule has 3 aliphatic rings. The van der Waals surface area contributed by atoms with E-state index in [-0.39, 0.29) is 25.2 Å². The van der Waals surface area contributed by atoms with Gasteiger partial charge in [0.2, 0.25) is 5.95 Å². The fourth-order valence-corrected chi connectivity index (χ4v) is 4.53. The van der Waals surface area contributed by atoms with Gasteiger partial charge in [0.15, 0.2) is 11.4 Å². The SMILES string of the molecule is Nc1nc(N2C[C@H]3CCCN[C@H]3C2)c2oc3c(c2n1)CC(F)(F)CC3. The number of aromatic nitrogens is 2. The van der Waals surface area contributed by atoms with Crippen molar-refractivity contribution in [3.05, 3.63) is 11.3 Å². The van der Waals surface area contributed by atoms with Crippen LogP contribution in [-0.2, 0) is 12.8 Å². The van der Waals surface area contributed by atoms with Gasteiger partial charge in [-0.05, 0) is 25.3 Å². The molecule has 0 bridgehead atoms. The Morgan fingerprint density at radius 1 is 1.28 bits per heavy atom. The summed E-state index contributed by atoms with van der Waals surface area (Å²) < 4.78 is 33.7. The van der Waals surface area contributed by atoms with Crippen LogP contribution in [0.15, 0.2) is 4.42 Å². The smallest absolute Gasteiger partial charge is 0.252 e. The van der Waals surface area contributed by atoms with Crippen LogP contribution in [0.3, 0.4) is 0 Å². The van der Waals surface area contributed by atoms with Crippen molar-refractivity contribution in [2.45, 2.75) is 44.1 Å². The van der Waals surface area contributed by atoms with Crippen molar-refractivity contribution >= 4 is 22.9 Å². The van der Waals surface area contributed by atoms with Gasteiger partial charge < -0.3 is 20.4 Å². The highest BCUT2D eigenvalue weighted by Gasteiger charge is 2.40. The van der Waals surface area contributed by atoms with Crippen LogP contribution >= 0.6 is 0 Å². The Morgan fingerprint density at radius 3 is 3.00 bits per heavy atom. The number of aryl methyl sites for hydroxylation is 1. The van der Waals surface area contributed by atoms with E-state index in [1.807, 2.05) is 0 Å². The summed E-state index contributed by atoms with van der Waals surface area (Å²) in [5, 5.41) is 3.56. The number of furan rings is 1. The second kappa shape index (κ2) is 5.27. The highest BCUT2D eigenvalue weighted by Crippen LogP contribution is 2.41. The minimum absolute atomic E-state index is 0.114. The largest absolute Gasteiger partial charge is 0.455 e. The lowest BCUT2D eigenvalue weighted by atomic mass is 9.94. The fourth-order valence-electron chi connectivity index (χ4n) is 4.53. The molecule has 1 aliphatic carbocycles. The predicted octanol–water partition coefficient (Wildman–Crippen LogP) is 2.12. The highest BCUT2D eigenvalue weighted by atomic mass is 19.3. The van der Waals surface area contributed by atoms with E-state index < -0.39 is 5.92 Å². The average molecular weight is 349 g/mol. The van der Waals surface area contributed by atoms with Crippen molar-refractivity contribution in [1.29, 1.82) is 0 Å². The van der Waals surface area contributed by atoms with E-state index >= 15 is 0 Å². The molecular formula is C17H21F2N5O. The summed E-state index contributed by atoms with van der Waals surface area (Å²) in [7, 11) is 0. The lowest BCUT2D eigenvalue weighted by Crippen LogP contribution is -2.40. The van der Waals surface area contributed by atoms with Gasteiger partial charge in [0.05, 0.1) is 0 Å². The van der Waals surface area contributed by atoms with Crippen molar-refractivity contribution in [1.82, 2.24) is 15.3 Å². The lowest BCUT2D eigenvalue weighted by Gasteiger charge is -2.24. The zero-order valence-electron chi connectivity index (χ0n) is 13.9. The first kappa shape index (κ1) is 15.3. The predicted molar refractivity (Wildman–Crippen MR) is 89.9 cm³/mol. The number of fused-ring (bicyclic) bond motifs is 4. The van der Waals surface area contributed by atoms with Gasteiger partial charge in [0.1, 0.15) is 11.3 Å². The molecule has 2 aromatic heterocycles. The number of halogens is 2. The van der Waals surface area contributed by atoms with Gasteiger partial charge in [0, 0.05) is 44.0 Å². The Morgan fingerprint density at radius 2 is 2.16 bits per heavy atom. The number of piperidine rings is 1.